The Morgan fingerprint density at radius 1 is 0.441 bits per heavy atom. The summed E-state index contributed by atoms with van der Waals surface area (Å²) in [6.07, 6.45) is 9.83. The largest absolute Gasteiger partial charge is 0.490 e. The Bertz CT molecular complexity index is 2070. The molecule has 5 rings (SSSR count). The average molecular weight is 805 g/mol. The summed E-state index contributed by atoms with van der Waals surface area (Å²) in [5.74, 6) is 2.23. The third kappa shape index (κ3) is 14.5. The number of benzene rings is 5. The predicted octanol–water partition coefficient (Wildman–Crippen LogP) is 12.4. The molecule has 0 radical (unpaired) electrons. The van der Waals surface area contributed by atoms with E-state index in [1.54, 1.807) is 0 Å². The number of carbonyl (C=O) groups excluding carboxylic acids is 2. The molecule has 0 bridgehead atoms. The van der Waals surface area contributed by atoms with E-state index in [4.69, 9.17) is 28.4 Å². The molecule has 2 unspecified atom stereocenters. The maximum absolute atomic E-state index is 13.1. The van der Waals surface area contributed by atoms with Crippen LogP contribution in [-0.2, 0) is 19.1 Å². The molecule has 8 nitrogen and oxygen atoms in total. The van der Waals surface area contributed by atoms with E-state index in [0.29, 0.717) is 35.8 Å². The second-order valence-electron chi connectivity index (χ2n) is 15.7. The minimum Gasteiger partial charge on any atom is -0.490 e. The van der Waals surface area contributed by atoms with Crippen LogP contribution >= 0.6 is 0 Å². The van der Waals surface area contributed by atoms with Gasteiger partial charge in [0.2, 0.25) is 0 Å². The van der Waals surface area contributed by atoms with Crippen LogP contribution in [0.3, 0.4) is 0 Å². The van der Waals surface area contributed by atoms with Crippen LogP contribution in [0.5, 0.6) is 23.0 Å². The number of hydrogen-bond acceptors (Lipinski definition) is 8. The molecule has 0 fully saturated rings. The molecule has 0 spiro atoms. The molecule has 0 amide bonds. The first-order valence-electron chi connectivity index (χ1n) is 21.7. The second kappa shape index (κ2) is 24.0. The minimum atomic E-state index is -0.649. The third-order valence-electron chi connectivity index (χ3n) is 10.3. The highest BCUT2D eigenvalue weighted by Gasteiger charge is 2.23. The van der Waals surface area contributed by atoms with Crippen LogP contribution in [0.25, 0.3) is 21.5 Å². The molecule has 0 saturated carbocycles. The van der Waals surface area contributed by atoms with Crippen LogP contribution in [-0.4, -0.2) is 50.6 Å². The lowest BCUT2D eigenvalue weighted by Gasteiger charge is -2.23. The van der Waals surface area contributed by atoms with Gasteiger partial charge >= 0.3 is 11.9 Å². The third-order valence-corrected chi connectivity index (χ3v) is 10.3. The molecule has 316 valence electrons. The number of esters is 2. The zero-order valence-electron chi connectivity index (χ0n) is 35.9. The summed E-state index contributed by atoms with van der Waals surface area (Å²) in [4.78, 5) is 26.2. The summed E-state index contributed by atoms with van der Waals surface area (Å²) >= 11 is 0. The summed E-state index contributed by atoms with van der Waals surface area (Å²) in [6, 6.07) is 29.8. The standard InChI is InChI=1S/C51H64O8/c1-6-8-10-12-14-26-48(52)58-42(33-54-40-22-18-20-37(3)30-40)35-56-50-44-24-16-17-25-45(44)51(47-32-39(5)28-29-46(47)50)57-36-43(34-55-41-23-19-21-38(4)31-41)59-49(53)27-15-13-11-9-7-2/h16-25,28-32,42-43H,6-15,26-27,33-36H2,1-5H3. The predicted molar refractivity (Wildman–Crippen MR) is 237 cm³/mol. The van der Waals surface area contributed by atoms with Gasteiger partial charge in [0.15, 0.2) is 12.2 Å². The van der Waals surface area contributed by atoms with Crippen molar-refractivity contribution in [3.8, 4) is 23.0 Å². The molecule has 0 aliphatic heterocycles. The van der Waals surface area contributed by atoms with E-state index in [-0.39, 0.29) is 38.4 Å². The first kappa shape index (κ1) is 44.9. The van der Waals surface area contributed by atoms with Crippen molar-refractivity contribution in [3.05, 3.63) is 108 Å². The van der Waals surface area contributed by atoms with Crippen molar-refractivity contribution in [2.45, 2.75) is 124 Å². The lowest BCUT2D eigenvalue weighted by atomic mass is 9.99. The zero-order valence-corrected chi connectivity index (χ0v) is 35.9. The van der Waals surface area contributed by atoms with Gasteiger partial charge in [-0.15, -0.1) is 0 Å². The summed E-state index contributed by atoms with van der Waals surface area (Å²) in [6.45, 7) is 10.9. The minimum absolute atomic E-state index is 0.0906. The van der Waals surface area contributed by atoms with Crippen LogP contribution in [0, 0.1) is 20.8 Å². The van der Waals surface area contributed by atoms with Crippen LogP contribution in [0.1, 0.15) is 108 Å². The number of unbranched alkanes of at least 4 members (excludes halogenated alkanes) is 8. The Labute approximate surface area is 351 Å². The summed E-state index contributed by atoms with van der Waals surface area (Å²) in [5, 5.41) is 3.39. The molecule has 5 aromatic rings. The maximum Gasteiger partial charge on any atom is 0.306 e. The SMILES string of the molecule is CCCCCCCC(=O)OC(COc1cccc(C)c1)COc1c2ccccc2c(OCC(COc2cccc(C)c2)OC(=O)CCCCCCC)c2cc(C)ccc12. The van der Waals surface area contributed by atoms with Gasteiger partial charge in [-0.2, -0.15) is 0 Å². The van der Waals surface area contributed by atoms with Crippen molar-refractivity contribution in [3.63, 3.8) is 0 Å². The molecule has 5 aromatic carbocycles. The van der Waals surface area contributed by atoms with E-state index in [1.807, 2.05) is 106 Å². The van der Waals surface area contributed by atoms with E-state index in [0.717, 1.165) is 102 Å². The quantitative estimate of drug-likeness (QED) is 0.0310. The Morgan fingerprint density at radius 2 is 0.864 bits per heavy atom. The van der Waals surface area contributed by atoms with Crippen LogP contribution in [0.15, 0.2) is 91.0 Å². The summed E-state index contributed by atoms with van der Waals surface area (Å²) < 4.78 is 37.8. The molecule has 2 atom stereocenters. The normalized spacial score (nSPS) is 12.2. The highest BCUT2D eigenvalue weighted by molar-refractivity contribution is 6.11. The average Bonchev–Trinajstić information content (AvgIpc) is 3.22. The molecule has 0 heterocycles. The van der Waals surface area contributed by atoms with Gasteiger partial charge in [0.05, 0.1) is 0 Å². The van der Waals surface area contributed by atoms with Crippen LogP contribution in [0.2, 0.25) is 0 Å². The lowest BCUT2D eigenvalue weighted by molar-refractivity contribution is -0.153. The van der Waals surface area contributed by atoms with Gasteiger partial charge < -0.3 is 28.4 Å². The van der Waals surface area contributed by atoms with Gasteiger partial charge in [0, 0.05) is 34.4 Å². The molecular weight excluding hydrogens is 741 g/mol. The van der Waals surface area contributed by atoms with Gasteiger partial charge in [-0.25, -0.2) is 0 Å². The van der Waals surface area contributed by atoms with E-state index in [1.165, 1.54) is 0 Å². The fraction of sp³-hybridized carbons (Fsp3) is 0.451. The fourth-order valence-electron chi connectivity index (χ4n) is 7.13. The van der Waals surface area contributed by atoms with Crippen molar-refractivity contribution in [1.29, 1.82) is 0 Å². The second-order valence-corrected chi connectivity index (χ2v) is 15.7. The van der Waals surface area contributed by atoms with E-state index < -0.39 is 12.2 Å². The monoisotopic (exact) mass is 804 g/mol. The van der Waals surface area contributed by atoms with Crippen molar-refractivity contribution in [2.24, 2.45) is 0 Å². The Morgan fingerprint density at radius 3 is 1.34 bits per heavy atom. The maximum atomic E-state index is 13.1. The Kier molecular flexibility index (Phi) is 18.2. The Hall–Kier alpha value is -5.24. The molecule has 0 aliphatic rings. The summed E-state index contributed by atoms with van der Waals surface area (Å²) in [5.41, 5.74) is 3.21. The van der Waals surface area contributed by atoms with Crippen molar-refractivity contribution in [2.75, 3.05) is 26.4 Å². The summed E-state index contributed by atoms with van der Waals surface area (Å²) in [7, 11) is 0. The highest BCUT2D eigenvalue weighted by atomic mass is 16.6. The van der Waals surface area contributed by atoms with Crippen molar-refractivity contribution < 1.29 is 38.0 Å². The number of ether oxygens (including phenoxy) is 6. The van der Waals surface area contributed by atoms with E-state index in [2.05, 4.69) is 19.9 Å². The molecule has 0 aliphatic carbocycles. The van der Waals surface area contributed by atoms with Gasteiger partial charge in [0.1, 0.15) is 49.4 Å². The van der Waals surface area contributed by atoms with Crippen LogP contribution in [0.4, 0.5) is 0 Å². The highest BCUT2D eigenvalue weighted by Crippen LogP contribution is 2.43. The fourth-order valence-corrected chi connectivity index (χ4v) is 7.13. The number of fused-ring (bicyclic) bond motifs is 2. The van der Waals surface area contributed by atoms with Crippen molar-refractivity contribution >= 4 is 33.5 Å². The first-order chi connectivity index (χ1) is 28.7. The number of carbonyl (C=O) groups is 2. The van der Waals surface area contributed by atoms with Gasteiger partial charge in [-0.05, 0) is 75.1 Å². The van der Waals surface area contributed by atoms with Gasteiger partial charge in [0.25, 0.3) is 0 Å². The lowest BCUT2D eigenvalue weighted by Crippen LogP contribution is -2.31. The topological polar surface area (TPSA) is 89.5 Å². The first-order valence-corrected chi connectivity index (χ1v) is 21.7. The smallest absolute Gasteiger partial charge is 0.306 e. The number of hydrogen-bond donors (Lipinski definition) is 0. The number of rotatable bonds is 26. The van der Waals surface area contributed by atoms with Crippen LogP contribution < -0.4 is 18.9 Å². The molecule has 0 aromatic heterocycles. The molecule has 0 N–H and O–H groups in total. The van der Waals surface area contributed by atoms with E-state index >= 15 is 0 Å². The molecular formula is C51H64O8. The van der Waals surface area contributed by atoms with Gasteiger partial charge in [-0.1, -0.05) is 131 Å². The molecule has 59 heavy (non-hydrogen) atoms. The van der Waals surface area contributed by atoms with Crippen molar-refractivity contribution in [1.82, 2.24) is 0 Å². The molecule has 8 heteroatoms. The van der Waals surface area contributed by atoms with Gasteiger partial charge in [-0.3, -0.25) is 9.59 Å². The molecule has 0 saturated heterocycles. The van der Waals surface area contributed by atoms with E-state index in [9.17, 15) is 9.59 Å². The number of aryl methyl sites for hydroxylation is 3. The Balaban J connectivity index is 1.38. The zero-order chi connectivity index (χ0) is 41.8.